The molecule has 164 valence electrons. The van der Waals surface area contributed by atoms with Crippen LogP contribution in [0.4, 0.5) is 5.13 Å². The van der Waals surface area contributed by atoms with Crippen molar-refractivity contribution in [1.29, 1.82) is 0 Å². The first kappa shape index (κ1) is 22.1. The number of thiazole rings is 1. The van der Waals surface area contributed by atoms with Crippen LogP contribution in [0.25, 0.3) is 0 Å². The van der Waals surface area contributed by atoms with Gasteiger partial charge in [-0.05, 0) is 49.1 Å². The Hall–Kier alpha value is -2.13. The lowest BCUT2D eigenvalue weighted by molar-refractivity contribution is 0.0967. The molecule has 1 aromatic heterocycles. The predicted octanol–water partition coefficient (Wildman–Crippen LogP) is 4.95. The number of piperidine rings is 1. The molecular formula is C22H24ClN3O3S2. The number of aryl methyl sites for hydroxylation is 1. The van der Waals surface area contributed by atoms with Crippen LogP contribution in [0.15, 0.2) is 58.9 Å². The van der Waals surface area contributed by atoms with Crippen LogP contribution in [0.2, 0.25) is 5.02 Å². The summed E-state index contributed by atoms with van der Waals surface area (Å²) in [6, 6.07) is 13.0. The molecule has 1 aliphatic rings. The SMILES string of the molecule is Cc1ccccc1CN1CCC(Oc2ccc(S(=O)(=O)Nc3nccs3)cc2Cl)CC1. The molecule has 0 bridgehead atoms. The van der Waals surface area contributed by atoms with E-state index in [1.54, 1.807) is 17.6 Å². The number of ether oxygens (including phenoxy) is 1. The normalized spacial score (nSPS) is 15.7. The van der Waals surface area contributed by atoms with Gasteiger partial charge in [0.2, 0.25) is 0 Å². The number of hydrogen-bond donors (Lipinski definition) is 1. The van der Waals surface area contributed by atoms with E-state index < -0.39 is 10.0 Å². The summed E-state index contributed by atoms with van der Waals surface area (Å²) >= 11 is 7.56. The van der Waals surface area contributed by atoms with Crippen LogP contribution in [0.5, 0.6) is 5.75 Å². The average molecular weight is 478 g/mol. The molecule has 0 atom stereocenters. The summed E-state index contributed by atoms with van der Waals surface area (Å²) < 4.78 is 33.6. The Balaban J connectivity index is 1.34. The number of sulfonamides is 1. The van der Waals surface area contributed by atoms with Crippen molar-refractivity contribution < 1.29 is 13.2 Å². The highest BCUT2D eigenvalue weighted by molar-refractivity contribution is 7.93. The van der Waals surface area contributed by atoms with Gasteiger partial charge in [0.05, 0.1) is 9.92 Å². The monoisotopic (exact) mass is 477 g/mol. The summed E-state index contributed by atoms with van der Waals surface area (Å²) in [5.41, 5.74) is 2.67. The van der Waals surface area contributed by atoms with Crippen LogP contribution >= 0.6 is 22.9 Å². The highest BCUT2D eigenvalue weighted by Gasteiger charge is 2.23. The van der Waals surface area contributed by atoms with E-state index in [0.29, 0.717) is 10.9 Å². The maximum atomic E-state index is 12.5. The first-order valence-electron chi connectivity index (χ1n) is 10.1. The summed E-state index contributed by atoms with van der Waals surface area (Å²) in [5, 5.41) is 2.30. The fraction of sp³-hybridized carbons (Fsp3) is 0.318. The maximum Gasteiger partial charge on any atom is 0.263 e. The standard InChI is InChI=1S/C22H24ClN3O3S2/c1-16-4-2-3-5-17(16)15-26-11-8-18(9-12-26)29-21-7-6-19(14-20(21)23)31(27,28)25-22-24-10-13-30-22/h2-7,10,13-14,18H,8-9,11-12,15H2,1H3,(H,24,25). The molecule has 0 saturated carbocycles. The van der Waals surface area contributed by atoms with Gasteiger partial charge in [0, 0.05) is 31.2 Å². The van der Waals surface area contributed by atoms with Crippen molar-refractivity contribution in [3.63, 3.8) is 0 Å². The zero-order valence-corrected chi connectivity index (χ0v) is 19.5. The van der Waals surface area contributed by atoms with E-state index in [4.69, 9.17) is 16.3 Å². The maximum absolute atomic E-state index is 12.5. The molecule has 0 spiro atoms. The molecule has 1 saturated heterocycles. The van der Waals surface area contributed by atoms with Gasteiger partial charge in [-0.2, -0.15) is 0 Å². The number of hydrogen-bond acceptors (Lipinski definition) is 6. The van der Waals surface area contributed by atoms with Crippen molar-refractivity contribution in [2.45, 2.75) is 37.3 Å². The van der Waals surface area contributed by atoms with Crippen LogP contribution in [-0.4, -0.2) is 37.5 Å². The van der Waals surface area contributed by atoms with Gasteiger partial charge in [0.1, 0.15) is 11.9 Å². The number of aromatic nitrogens is 1. The minimum atomic E-state index is -3.74. The Morgan fingerprint density at radius 1 is 1.23 bits per heavy atom. The Labute approximate surface area is 191 Å². The van der Waals surface area contributed by atoms with E-state index in [1.165, 1.54) is 34.6 Å². The van der Waals surface area contributed by atoms with Crippen molar-refractivity contribution in [3.8, 4) is 5.75 Å². The Kier molecular flexibility index (Phi) is 6.81. The minimum Gasteiger partial charge on any atom is -0.489 e. The lowest BCUT2D eigenvalue weighted by Gasteiger charge is -2.32. The number of halogens is 1. The molecule has 0 aliphatic carbocycles. The van der Waals surface area contributed by atoms with Gasteiger partial charge < -0.3 is 4.74 Å². The van der Waals surface area contributed by atoms with Gasteiger partial charge in [0.15, 0.2) is 5.13 Å². The topological polar surface area (TPSA) is 71.5 Å². The Morgan fingerprint density at radius 2 is 2.00 bits per heavy atom. The molecule has 4 rings (SSSR count). The van der Waals surface area contributed by atoms with E-state index in [1.807, 2.05) is 0 Å². The summed E-state index contributed by atoms with van der Waals surface area (Å²) in [5.74, 6) is 0.507. The van der Waals surface area contributed by atoms with E-state index in [0.717, 1.165) is 32.5 Å². The second-order valence-electron chi connectivity index (χ2n) is 7.55. The molecule has 31 heavy (non-hydrogen) atoms. The van der Waals surface area contributed by atoms with Crippen LogP contribution in [0.3, 0.4) is 0 Å². The average Bonchev–Trinajstić information content (AvgIpc) is 3.25. The van der Waals surface area contributed by atoms with E-state index in [2.05, 4.69) is 45.8 Å². The molecule has 0 unspecified atom stereocenters. The third-order valence-corrected chi connectivity index (χ3v) is 7.80. The largest absolute Gasteiger partial charge is 0.489 e. The zero-order chi connectivity index (χ0) is 21.8. The van der Waals surface area contributed by atoms with E-state index >= 15 is 0 Å². The lowest BCUT2D eigenvalue weighted by Crippen LogP contribution is -2.38. The summed E-state index contributed by atoms with van der Waals surface area (Å²) in [6.07, 6.45) is 3.39. The summed E-state index contributed by atoms with van der Waals surface area (Å²) in [7, 11) is -3.74. The molecule has 2 heterocycles. The molecule has 0 radical (unpaired) electrons. The quantitative estimate of drug-likeness (QED) is 0.521. The number of rotatable bonds is 7. The molecule has 1 N–H and O–H groups in total. The van der Waals surface area contributed by atoms with Crippen LogP contribution < -0.4 is 9.46 Å². The minimum absolute atomic E-state index is 0.0570. The van der Waals surface area contributed by atoms with Crippen LogP contribution in [-0.2, 0) is 16.6 Å². The lowest BCUT2D eigenvalue weighted by atomic mass is 10.0. The molecule has 3 aromatic rings. The smallest absolute Gasteiger partial charge is 0.263 e. The second-order valence-corrected chi connectivity index (χ2v) is 10.5. The van der Waals surface area contributed by atoms with E-state index in [-0.39, 0.29) is 16.0 Å². The van der Waals surface area contributed by atoms with Crippen molar-refractivity contribution in [3.05, 3.63) is 70.2 Å². The molecular weight excluding hydrogens is 454 g/mol. The summed E-state index contributed by atoms with van der Waals surface area (Å²) in [4.78, 5) is 6.46. The first-order valence-corrected chi connectivity index (χ1v) is 12.8. The van der Waals surface area contributed by atoms with Gasteiger partial charge in [-0.25, -0.2) is 13.4 Å². The Bertz CT molecular complexity index is 1130. The van der Waals surface area contributed by atoms with Gasteiger partial charge in [0.25, 0.3) is 10.0 Å². The third kappa shape index (κ3) is 5.57. The number of likely N-dealkylation sites (tertiary alicyclic amines) is 1. The van der Waals surface area contributed by atoms with Crippen molar-refractivity contribution in [2.24, 2.45) is 0 Å². The fourth-order valence-corrected chi connectivity index (χ4v) is 5.69. The number of benzene rings is 2. The highest BCUT2D eigenvalue weighted by Crippen LogP contribution is 2.31. The van der Waals surface area contributed by atoms with Crippen LogP contribution in [0.1, 0.15) is 24.0 Å². The number of anilines is 1. The Morgan fingerprint density at radius 3 is 2.68 bits per heavy atom. The zero-order valence-electron chi connectivity index (χ0n) is 17.1. The highest BCUT2D eigenvalue weighted by atomic mass is 35.5. The fourth-order valence-electron chi connectivity index (χ4n) is 3.59. The van der Waals surface area contributed by atoms with Crippen molar-refractivity contribution in [1.82, 2.24) is 9.88 Å². The van der Waals surface area contributed by atoms with Gasteiger partial charge in [-0.15, -0.1) is 11.3 Å². The molecule has 6 nitrogen and oxygen atoms in total. The van der Waals surface area contributed by atoms with Crippen molar-refractivity contribution >= 4 is 38.1 Å². The van der Waals surface area contributed by atoms with Gasteiger partial charge in [-0.1, -0.05) is 35.9 Å². The van der Waals surface area contributed by atoms with Gasteiger partial charge in [-0.3, -0.25) is 9.62 Å². The molecule has 9 heteroatoms. The van der Waals surface area contributed by atoms with Gasteiger partial charge >= 0.3 is 0 Å². The number of nitrogens with one attached hydrogen (secondary N) is 1. The first-order chi connectivity index (χ1) is 14.9. The predicted molar refractivity (Wildman–Crippen MR) is 124 cm³/mol. The molecule has 1 fully saturated rings. The van der Waals surface area contributed by atoms with Crippen molar-refractivity contribution in [2.75, 3.05) is 17.8 Å². The summed E-state index contributed by atoms with van der Waals surface area (Å²) in [6.45, 7) is 4.98. The van der Waals surface area contributed by atoms with E-state index in [9.17, 15) is 8.42 Å². The molecule has 0 amide bonds. The second kappa shape index (κ2) is 9.56. The molecule has 2 aromatic carbocycles. The van der Waals surface area contributed by atoms with Crippen LogP contribution in [0, 0.1) is 6.92 Å². The third-order valence-electron chi connectivity index (χ3n) is 5.35. The number of nitrogens with zero attached hydrogens (tertiary/aromatic N) is 2. The molecule has 1 aliphatic heterocycles.